The van der Waals surface area contributed by atoms with E-state index in [0.29, 0.717) is 0 Å². The third-order valence-electron chi connectivity index (χ3n) is 1.21. The monoisotopic (exact) mass is 238 g/mol. The van der Waals surface area contributed by atoms with Crippen LogP contribution in [0, 0.1) is 12.3 Å². The number of pyridine rings is 1. The Morgan fingerprint density at radius 3 is 2.64 bits per heavy atom. The Balaban J connectivity index is 0.000001000. The summed E-state index contributed by atoms with van der Waals surface area (Å²) in [7, 11) is 0. The van der Waals surface area contributed by atoms with E-state index in [2.05, 4.69) is 15.9 Å². The summed E-state index contributed by atoms with van der Waals surface area (Å²) >= 11 is 3.22. The number of aromatic nitrogens is 1. The summed E-state index contributed by atoms with van der Waals surface area (Å²) in [5, 5.41) is 16.1. The van der Waals surface area contributed by atoms with Gasteiger partial charge in [-0.1, -0.05) is 0 Å². The highest BCUT2D eigenvalue weighted by molar-refractivity contribution is 9.10. The molecule has 1 heterocycles. The van der Waals surface area contributed by atoms with E-state index in [1.54, 1.807) is 6.07 Å². The molecule has 62 valence electrons. The van der Waals surface area contributed by atoms with Crippen molar-refractivity contribution in [3.63, 3.8) is 0 Å². The van der Waals surface area contributed by atoms with E-state index in [1.807, 2.05) is 6.92 Å². The maximum atomic E-state index is 8.92. The predicted molar refractivity (Wildman–Crippen MR) is 47.2 cm³/mol. The fraction of sp³-hybridized carbons (Fsp3) is 0.167. The minimum atomic E-state index is 0. The first kappa shape index (κ1) is 10.5. The third-order valence-corrected chi connectivity index (χ3v) is 2.04. The maximum absolute atomic E-state index is 8.92. The van der Waals surface area contributed by atoms with Crippen LogP contribution in [0.3, 0.4) is 0 Å². The van der Waals surface area contributed by atoms with E-state index in [1.165, 1.54) is 6.20 Å². The van der Waals surface area contributed by atoms with Crippen LogP contribution in [0.5, 0.6) is 0 Å². The van der Waals surface area contributed by atoms with E-state index in [9.17, 15) is 0 Å². The zero-order valence-corrected chi connectivity index (χ0v) is 8.24. The lowest BCUT2D eigenvalue weighted by molar-refractivity contribution is 0.169. The molecule has 0 aliphatic rings. The molecule has 5 heteroatoms. The topological polar surface area (TPSA) is 49.0 Å². The zero-order chi connectivity index (χ0) is 7.72. The van der Waals surface area contributed by atoms with Crippen molar-refractivity contribution >= 4 is 28.3 Å². The van der Waals surface area contributed by atoms with Crippen LogP contribution >= 0.6 is 28.3 Å². The summed E-state index contributed by atoms with van der Waals surface area (Å²) < 4.78 is 1.56. The SMILES string of the molecule is Cc1cc(=N)n(O)cc1Br.Cl. The van der Waals surface area contributed by atoms with Crippen molar-refractivity contribution in [1.82, 2.24) is 4.73 Å². The van der Waals surface area contributed by atoms with Gasteiger partial charge in [-0.3, -0.25) is 5.41 Å². The lowest BCUT2D eigenvalue weighted by Gasteiger charge is -1.99. The highest BCUT2D eigenvalue weighted by Crippen LogP contribution is 2.10. The van der Waals surface area contributed by atoms with Crippen LogP contribution in [-0.4, -0.2) is 9.94 Å². The minimum absolute atomic E-state index is 0. The average Bonchev–Trinajstić information content (AvgIpc) is 1.84. The first-order valence-corrected chi connectivity index (χ1v) is 3.53. The number of hydrogen-bond donors (Lipinski definition) is 2. The molecule has 0 fully saturated rings. The van der Waals surface area contributed by atoms with Crippen molar-refractivity contribution in [3.05, 3.63) is 27.8 Å². The van der Waals surface area contributed by atoms with Gasteiger partial charge in [0.15, 0.2) is 5.49 Å². The van der Waals surface area contributed by atoms with Gasteiger partial charge >= 0.3 is 0 Å². The Bertz CT molecular complexity index is 310. The van der Waals surface area contributed by atoms with Gasteiger partial charge in [0.2, 0.25) is 0 Å². The van der Waals surface area contributed by atoms with E-state index in [-0.39, 0.29) is 17.9 Å². The van der Waals surface area contributed by atoms with Gasteiger partial charge in [-0.05, 0) is 34.5 Å². The largest absolute Gasteiger partial charge is 0.427 e. The minimum Gasteiger partial charge on any atom is -0.427 e. The van der Waals surface area contributed by atoms with Crippen molar-refractivity contribution in [2.45, 2.75) is 6.92 Å². The van der Waals surface area contributed by atoms with E-state index >= 15 is 0 Å². The van der Waals surface area contributed by atoms with Crippen LogP contribution in [0.1, 0.15) is 5.56 Å². The van der Waals surface area contributed by atoms with Gasteiger partial charge in [0, 0.05) is 4.47 Å². The first-order chi connectivity index (χ1) is 4.61. The van der Waals surface area contributed by atoms with Crippen LogP contribution < -0.4 is 5.49 Å². The molecule has 1 aromatic rings. The molecule has 0 aliphatic carbocycles. The Morgan fingerprint density at radius 2 is 2.18 bits per heavy atom. The van der Waals surface area contributed by atoms with Gasteiger partial charge in [0.05, 0.1) is 6.20 Å². The number of nitrogens with zero attached hydrogens (tertiary/aromatic N) is 1. The molecule has 0 saturated carbocycles. The number of rotatable bonds is 0. The number of nitrogens with one attached hydrogen (secondary N) is 1. The van der Waals surface area contributed by atoms with Crippen molar-refractivity contribution in [1.29, 1.82) is 5.41 Å². The van der Waals surface area contributed by atoms with Crippen molar-refractivity contribution in [2.75, 3.05) is 0 Å². The number of halogens is 2. The maximum Gasteiger partial charge on any atom is 0.160 e. The Hall–Kier alpha value is -0.480. The first-order valence-electron chi connectivity index (χ1n) is 2.74. The molecule has 0 saturated heterocycles. The Morgan fingerprint density at radius 1 is 1.64 bits per heavy atom. The second-order valence-corrected chi connectivity index (χ2v) is 2.89. The molecule has 0 radical (unpaired) electrons. The summed E-state index contributed by atoms with van der Waals surface area (Å²) in [6.45, 7) is 1.86. The second kappa shape index (κ2) is 3.78. The molecule has 0 aromatic carbocycles. The fourth-order valence-corrected chi connectivity index (χ4v) is 0.927. The molecule has 11 heavy (non-hydrogen) atoms. The summed E-state index contributed by atoms with van der Waals surface area (Å²) in [5.41, 5.74) is 1.02. The fourth-order valence-electron chi connectivity index (χ4n) is 0.619. The highest BCUT2D eigenvalue weighted by Gasteiger charge is 1.94. The van der Waals surface area contributed by atoms with Crippen LogP contribution in [0.4, 0.5) is 0 Å². The average molecular weight is 240 g/mol. The zero-order valence-electron chi connectivity index (χ0n) is 5.84. The van der Waals surface area contributed by atoms with Crippen molar-refractivity contribution in [2.24, 2.45) is 0 Å². The van der Waals surface area contributed by atoms with Crippen LogP contribution in [-0.2, 0) is 0 Å². The lowest BCUT2D eigenvalue weighted by atomic mass is 10.3. The van der Waals surface area contributed by atoms with Gasteiger partial charge in [0.1, 0.15) is 0 Å². The molecular weight excluding hydrogens is 231 g/mol. The van der Waals surface area contributed by atoms with Gasteiger partial charge in [0.25, 0.3) is 0 Å². The lowest BCUT2D eigenvalue weighted by Crippen LogP contribution is -2.16. The summed E-state index contributed by atoms with van der Waals surface area (Å²) in [4.78, 5) is 0. The molecular formula is C6H8BrClN2O. The summed E-state index contributed by atoms with van der Waals surface area (Å²) in [5.74, 6) is 0. The molecule has 3 nitrogen and oxygen atoms in total. The molecule has 0 bridgehead atoms. The van der Waals surface area contributed by atoms with Crippen molar-refractivity contribution in [3.8, 4) is 0 Å². The standard InChI is InChI=1S/C6H7BrN2O.ClH/c1-4-2-6(8)9(10)3-5(4)7;/h2-3,8,10H,1H3;1H. The number of aryl methyl sites for hydroxylation is 1. The summed E-state index contributed by atoms with van der Waals surface area (Å²) in [6.07, 6.45) is 1.44. The molecule has 1 aromatic heterocycles. The normalized spacial score (nSPS) is 8.91. The smallest absolute Gasteiger partial charge is 0.160 e. The van der Waals surface area contributed by atoms with E-state index in [4.69, 9.17) is 10.6 Å². The van der Waals surface area contributed by atoms with E-state index < -0.39 is 0 Å². The van der Waals surface area contributed by atoms with E-state index in [0.717, 1.165) is 14.8 Å². The molecule has 0 unspecified atom stereocenters. The molecule has 0 aliphatic heterocycles. The Labute approximate surface area is 78.7 Å². The van der Waals surface area contributed by atoms with Crippen LogP contribution in [0.15, 0.2) is 16.7 Å². The van der Waals surface area contributed by atoms with Crippen molar-refractivity contribution < 1.29 is 5.21 Å². The molecule has 2 N–H and O–H groups in total. The molecule has 0 atom stereocenters. The van der Waals surface area contributed by atoms with Gasteiger partial charge < -0.3 is 5.21 Å². The highest BCUT2D eigenvalue weighted by atomic mass is 79.9. The predicted octanol–water partition coefficient (Wildman–Crippen LogP) is 1.70. The summed E-state index contributed by atoms with van der Waals surface area (Å²) in [6, 6.07) is 1.57. The second-order valence-electron chi connectivity index (χ2n) is 2.03. The van der Waals surface area contributed by atoms with Crippen LogP contribution in [0.2, 0.25) is 0 Å². The molecule has 0 spiro atoms. The van der Waals surface area contributed by atoms with Crippen LogP contribution in [0.25, 0.3) is 0 Å². The Kier molecular flexibility index (Phi) is 3.62. The number of hydrogen-bond acceptors (Lipinski definition) is 2. The quantitative estimate of drug-likeness (QED) is 0.665. The van der Waals surface area contributed by atoms with Gasteiger partial charge in [-0.2, -0.15) is 4.73 Å². The van der Waals surface area contributed by atoms with Gasteiger partial charge in [-0.25, -0.2) is 0 Å². The van der Waals surface area contributed by atoms with Gasteiger partial charge in [-0.15, -0.1) is 12.4 Å². The molecule has 1 rings (SSSR count). The third kappa shape index (κ3) is 2.24. The molecule has 0 amide bonds.